The Balaban J connectivity index is 2.49. The van der Waals surface area contributed by atoms with Gasteiger partial charge in [0.2, 0.25) is 5.91 Å². The molecular weight excluding hydrogens is 210 g/mol. The molecule has 88 valence electrons. The average Bonchev–Trinajstić information content (AvgIpc) is 2.16. The van der Waals surface area contributed by atoms with Crippen molar-refractivity contribution in [3.05, 3.63) is 0 Å². The summed E-state index contributed by atoms with van der Waals surface area (Å²) in [6.45, 7) is 7.55. The van der Waals surface area contributed by atoms with Crippen molar-refractivity contribution in [2.24, 2.45) is 5.92 Å². The highest BCUT2D eigenvalue weighted by Gasteiger charge is 2.31. The third-order valence-corrected chi connectivity index (χ3v) is 3.75. The van der Waals surface area contributed by atoms with Crippen LogP contribution in [0.5, 0.6) is 0 Å². The monoisotopic (exact) mass is 231 g/mol. The summed E-state index contributed by atoms with van der Waals surface area (Å²) in [4.78, 5) is 11.8. The second-order valence-corrected chi connectivity index (χ2v) is 5.41. The second-order valence-electron chi connectivity index (χ2n) is 4.85. The highest BCUT2D eigenvalue weighted by molar-refractivity contribution is 7.81. The predicted molar refractivity (Wildman–Crippen MR) is 64.2 cm³/mol. The fourth-order valence-corrected chi connectivity index (χ4v) is 1.69. The number of carbonyl (C=O) groups is 1. The summed E-state index contributed by atoms with van der Waals surface area (Å²) in [7, 11) is 0. The fourth-order valence-electron chi connectivity index (χ4n) is 1.62. The Hall–Kier alpha value is -0.220. The minimum atomic E-state index is -0.218. The maximum absolute atomic E-state index is 11.8. The molecule has 1 heterocycles. The zero-order valence-corrected chi connectivity index (χ0v) is 10.6. The van der Waals surface area contributed by atoms with Gasteiger partial charge in [0, 0.05) is 18.8 Å². The van der Waals surface area contributed by atoms with E-state index in [9.17, 15) is 4.79 Å². The summed E-state index contributed by atoms with van der Waals surface area (Å²) in [6, 6.07) is 0. The standard InChI is InChI=1S/C11H21NO2S/c1-8(2)9(15)10(13)12-11(3)4-6-14-7-5-11/h8-9,15H,4-7H2,1-3H3,(H,12,13). The number of rotatable bonds is 3. The van der Waals surface area contributed by atoms with Crippen molar-refractivity contribution in [2.75, 3.05) is 13.2 Å². The van der Waals surface area contributed by atoms with E-state index in [1.165, 1.54) is 0 Å². The van der Waals surface area contributed by atoms with Crippen LogP contribution in [0.1, 0.15) is 33.6 Å². The quantitative estimate of drug-likeness (QED) is 0.725. The van der Waals surface area contributed by atoms with Gasteiger partial charge in [0.05, 0.1) is 5.25 Å². The second kappa shape index (κ2) is 5.21. The first kappa shape index (κ1) is 12.8. The van der Waals surface area contributed by atoms with Crippen molar-refractivity contribution in [2.45, 2.75) is 44.4 Å². The molecule has 0 aromatic rings. The molecule has 0 spiro atoms. The van der Waals surface area contributed by atoms with Crippen LogP contribution in [0.15, 0.2) is 0 Å². The molecule has 4 heteroatoms. The molecule has 1 fully saturated rings. The van der Waals surface area contributed by atoms with E-state index < -0.39 is 0 Å². The van der Waals surface area contributed by atoms with E-state index in [0.717, 1.165) is 26.1 Å². The Morgan fingerprint density at radius 3 is 2.40 bits per heavy atom. The van der Waals surface area contributed by atoms with Gasteiger partial charge in [-0.2, -0.15) is 12.6 Å². The lowest BCUT2D eigenvalue weighted by molar-refractivity contribution is -0.124. The number of amides is 1. The molecule has 1 aliphatic heterocycles. The van der Waals surface area contributed by atoms with Crippen molar-refractivity contribution >= 4 is 18.5 Å². The van der Waals surface area contributed by atoms with E-state index in [0.29, 0.717) is 0 Å². The maximum Gasteiger partial charge on any atom is 0.233 e. The van der Waals surface area contributed by atoms with Crippen molar-refractivity contribution < 1.29 is 9.53 Å². The third kappa shape index (κ3) is 3.68. The Morgan fingerprint density at radius 1 is 1.40 bits per heavy atom. The molecule has 0 saturated carbocycles. The molecule has 1 aliphatic rings. The fraction of sp³-hybridized carbons (Fsp3) is 0.909. The lowest BCUT2D eigenvalue weighted by Gasteiger charge is -2.35. The van der Waals surface area contributed by atoms with E-state index in [1.54, 1.807) is 0 Å². The van der Waals surface area contributed by atoms with Gasteiger partial charge in [-0.15, -0.1) is 0 Å². The van der Waals surface area contributed by atoms with Crippen LogP contribution in [0.3, 0.4) is 0 Å². The van der Waals surface area contributed by atoms with E-state index in [4.69, 9.17) is 4.74 Å². The van der Waals surface area contributed by atoms with Gasteiger partial charge in [-0.05, 0) is 25.7 Å². The van der Waals surface area contributed by atoms with Crippen molar-refractivity contribution in [3.63, 3.8) is 0 Å². The summed E-state index contributed by atoms with van der Waals surface area (Å²) in [5.74, 6) is 0.300. The van der Waals surface area contributed by atoms with E-state index in [1.807, 2.05) is 13.8 Å². The van der Waals surface area contributed by atoms with Crippen molar-refractivity contribution in [1.29, 1.82) is 0 Å². The molecule has 0 aromatic heterocycles. The van der Waals surface area contributed by atoms with Crippen molar-refractivity contribution in [3.8, 4) is 0 Å². The third-order valence-electron chi connectivity index (χ3n) is 2.92. The lowest BCUT2D eigenvalue weighted by Crippen LogP contribution is -2.52. The Bertz CT molecular complexity index is 225. The van der Waals surface area contributed by atoms with Gasteiger partial charge in [-0.3, -0.25) is 4.79 Å². The van der Waals surface area contributed by atoms with Gasteiger partial charge in [-0.1, -0.05) is 13.8 Å². The molecule has 1 rings (SSSR count). The summed E-state index contributed by atoms with van der Waals surface area (Å²) < 4.78 is 5.28. The molecule has 1 saturated heterocycles. The van der Waals surface area contributed by atoms with Gasteiger partial charge < -0.3 is 10.1 Å². The van der Waals surface area contributed by atoms with Crippen LogP contribution in [-0.4, -0.2) is 29.9 Å². The highest BCUT2D eigenvalue weighted by atomic mass is 32.1. The van der Waals surface area contributed by atoms with E-state index >= 15 is 0 Å². The van der Waals surface area contributed by atoms with Crippen molar-refractivity contribution in [1.82, 2.24) is 5.32 Å². The summed E-state index contributed by atoms with van der Waals surface area (Å²) in [6.07, 6.45) is 1.77. The van der Waals surface area contributed by atoms with Gasteiger partial charge in [0.1, 0.15) is 0 Å². The largest absolute Gasteiger partial charge is 0.381 e. The van der Waals surface area contributed by atoms with Gasteiger partial charge in [0.15, 0.2) is 0 Å². The van der Waals surface area contributed by atoms with Gasteiger partial charge in [0.25, 0.3) is 0 Å². The number of ether oxygens (including phenoxy) is 1. The summed E-state index contributed by atoms with van der Waals surface area (Å²) in [5, 5.41) is 2.86. The first-order valence-corrected chi connectivity index (χ1v) is 6.04. The van der Waals surface area contributed by atoms with E-state index in [-0.39, 0.29) is 22.6 Å². The van der Waals surface area contributed by atoms with Crippen LogP contribution >= 0.6 is 12.6 Å². The van der Waals surface area contributed by atoms with Crippen LogP contribution < -0.4 is 5.32 Å². The molecule has 0 aromatic carbocycles. The predicted octanol–water partition coefficient (Wildman–Crippen LogP) is 1.63. The number of hydrogen-bond donors (Lipinski definition) is 2. The lowest BCUT2D eigenvalue weighted by atomic mass is 9.92. The molecule has 1 atom stereocenters. The van der Waals surface area contributed by atoms with Crippen LogP contribution in [0, 0.1) is 5.92 Å². The molecule has 0 bridgehead atoms. The number of carbonyl (C=O) groups excluding carboxylic acids is 1. The van der Waals surface area contributed by atoms with Crippen LogP contribution in [-0.2, 0) is 9.53 Å². The average molecular weight is 231 g/mol. The minimum absolute atomic E-state index is 0.0396. The smallest absolute Gasteiger partial charge is 0.233 e. The first-order chi connectivity index (χ1) is 6.94. The zero-order valence-electron chi connectivity index (χ0n) is 9.75. The molecule has 15 heavy (non-hydrogen) atoms. The minimum Gasteiger partial charge on any atom is -0.381 e. The van der Waals surface area contributed by atoms with Gasteiger partial charge >= 0.3 is 0 Å². The number of nitrogens with one attached hydrogen (secondary N) is 1. The van der Waals surface area contributed by atoms with Crippen LogP contribution in [0.4, 0.5) is 0 Å². The molecule has 1 unspecified atom stereocenters. The maximum atomic E-state index is 11.8. The molecule has 0 aliphatic carbocycles. The van der Waals surface area contributed by atoms with E-state index in [2.05, 4.69) is 24.9 Å². The topological polar surface area (TPSA) is 38.3 Å². The number of hydrogen-bond acceptors (Lipinski definition) is 3. The molecule has 1 amide bonds. The Labute approximate surface area is 97.4 Å². The normalized spacial score (nSPS) is 22.5. The summed E-state index contributed by atoms with van der Waals surface area (Å²) >= 11 is 4.31. The van der Waals surface area contributed by atoms with Crippen LogP contribution in [0.25, 0.3) is 0 Å². The molecular formula is C11H21NO2S. The first-order valence-electron chi connectivity index (χ1n) is 5.52. The highest BCUT2D eigenvalue weighted by Crippen LogP contribution is 2.21. The Morgan fingerprint density at radius 2 is 1.93 bits per heavy atom. The Kier molecular flexibility index (Phi) is 4.46. The zero-order chi connectivity index (χ0) is 11.5. The molecule has 1 N–H and O–H groups in total. The number of thiol groups is 1. The molecule has 3 nitrogen and oxygen atoms in total. The summed E-state index contributed by atoms with van der Waals surface area (Å²) in [5.41, 5.74) is -0.106. The van der Waals surface area contributed by atoms with Gasteiger partial charge in [-0.25, -0.2) is 0 Å². The molecule has 0 radical (unpaired) electrons. The van der Waals surface area contributed by atoms with Crippen LogP contribution in [0.2, 0.25) is 0 Å². The SMILES string of the molecule is CC(C)C(S)C(=O)NC1(C)CCOCC1.